The minimum Gasteiger partial charge on any atom is -0.372 e. The van der Waals surface area contributed by atoms with E-state index in [0.717, 1.165) is 50.4 Å². The molecule has 5 nitrogen and oxygen atoms in total. The highest BCUT2D eigenvalue weighted by molar-refractivity contribution is 6.13. The predicted octanol–water partition coefficient (Wildman–Crippen LogP) is 2.87. The third-order valence-electron chi connectivity index (χ3n) is 5.24. The molecule has 0 atom stereocenters. The number of nitrogens with zero attached hydrogens (tertiary/aromatic N) is 2. The van der Waals surface area contributed by atoms with Gasteiger partial charge in [0.05, 0.1) is 0 Å². The summed E-state index contributed by atoms with van der Waals surface area (Å²) in [5, 5.41) is 2.95. The fourth-order valence-electron chi connectivity index (χ4n) is 3.48. The zero-order chi connectivity index (χ0) is 17.2. The highest BCUT2D eigenvalue weighted by Gasteiger charge is 2.58. The van der Waals surface area contributed by atoms with Gasteiger partial charge in [0, 0.05) is 37.6 Å². The zero-order valence-corrected chi connectivity index (χ0v) is 14.7. The molecular formula is C19H27N3O2. The van der Waals surface area contributed by atoms with Crippen LogP contribution in [0.5, 0.6) is 0 Å². The number of nitrogens with one attached hydrogen (secondary N) is 1. The standard InChI is InChI=1S/C19H27N3O2/c1-3-21(4-2)16-9-7-15(8-10-16)20-17(23)19(11-12-19)18(24)22-13-5-6-14-22/h7-10H,3-6,11-14H2,1-2H3,(H,20,23). The normalized spacial score (nSPS) is 18.3. The number of carbonyl (C=O) groups excluding carboxylic acids is 2. The molecule has 1 aliphatic heterocycles. The first-order valence-corrected chi connectivity index (χ1v) is 9.06. The molecule has 0 aromatic heterocycles. The number of hydrogen-bond acceptors (Lipinski definition) is 3. The maximum Gasteiger partial charge on any atom is 0.240 e. The first-order chi connectivity index (χ1) is 11.6. The summed E-state index contributed by atoms with van der Waals surface area (Å²) >= 11 is 0. The maximum absolute atomic E-state index is 12.7. The SMILES string of the molecule is CCN(CC)c1ccc(NC(=O)C2(C(=O)N3CCCC3)CC2)cc1. The average Bonchev–Trinajstić information content (AvgIpc) is 3.24. The van der Waals surface area contributed by atoms with E-state index in [1.807, 2.05) is 29.2 Å². The Kier molecular flexibility index (Phi) is 4.78. The molecule has 2 aliphatic rings. The lowest BCUT2D eigenvalue weighted by atomic mass is 10.0. The van der Waals surface area contributed by atoms with E-state index >= 15 is 0 Å². The lowest BCUT2D eigenvalue weighted by Crippen LogP contribution is -2.41. The summed E-state index contributed by atoms with van der Waals surface area (Å²) in [6, 6.07) is 7.87. The molecule has 5 heteroatoms. The summed E-state index contributed by atoms with van der Waals surface area (Å²) in [5.74, 6) is -0.118. The van der Waals surface area contributed by atoms with E-state index in [9.17, 15) is 9.59 Å². The summed E-state index contributed by atoms with van der Waals surface area (Å²) in [4.78, 5) is 29.4. The summed E-state index contributed by atoms with van der Waals surface area (Å²) in [6.45, 7) is 7.75. The van der Waals surface area contributed by atoms with Crippen molar-refractivity contribution in [1.82, 2.24) is 4.90 Å². The van der Waals surface area contributed by atoms with Crippen LogP contribution in [0.3, 0.4) is 0 Å². The van der Waals surface area contributed by atoms with Crippen molar-refractivity contribution in [2.75, 3.05) is 36.4 Å². The quantitative estimate of drug-likeness (QED) is 0.817. The minimum absolute atomic E-state index is 0.0252. The van der Waals surface area contributed by atoms with Gasteiger partial charge in [0.1, 0.15) is 5.41 Å². The van der Waals surface area contributed by atoms with Gasteiger partial charge in [-0.2, -0.15) is 0 Å². The van der Waals surface area contributed by atoms with E-state index in [4.69, 9.17) is 0 Å². The lowest BCUT2D eigenvalue weighted by Gasteiger charge is -2.23. The van der Waals surface area contributed by atoms with Crippen LogP contribution in [-0.2, 0) is 9.59 Å². The molecule has 1 heterocycles. The lowest BCUT2D eigenvalue weighted by molar-refractivity contribution is -0.141. The molecule has 1 saturated carbocycles. The maximum atomic E-state index is 12.7. The van der Waals surface area contributed by atoms with Crippen LogP contribution in [0, 0.1) is 5.41 Å². The molecule has 2 amide bonds. The van der Waals surface area contributed by atoms with E-state index in [0.29, 0.717) is 12.8 Å². The van der Waals surface area contributed by atoms with Gasteiger partial charge in [-0.3, -0.25) is 9.59 Å². The van der Waals surface area contributed by atoms with E-state index in [2.05, 4.69) is 24.1 Å². The van der Waals surface area contributed by atoms with Gasteiger partial charge in [-0.05, 0) is 63.8 Å². The monoisotopic (exact) mass is 329 g/mol. The van der Waals surface area contributed by atoms with E-state index in [1.165, 1.54) is 0 Å². The van der Waals surface area contributed by atoms with Crippen LogP contribution in [0.4, 0.5) is 11.4 Å². The van der Waals surface area contributed by atoms with Gasteiger partial charge in [-0.25, -0.2) is 0 Å². The van der Waals surface area contributed by atoms with Crippen molar-refractivity contribution in [3.63, 3.8) is 0 Å². The first-order valence-electron chi connectivity index (χ1n) is 9.06. The molecule has 3 rings (SSSR count). The number of benzene rings is 1. The Hall–Kier alpha value is -2.04. The van der Waals surface area contributed by atoms with Crippen LogP contribution in [0.15, 0.2) is 24.3 Å². The number of carbonyl (C=O) groups is 2. The van der Waals surface area contributed by atoms with Crippen molar-refractivity contribution in [2.24, 2.45) is 5.41 Å². The molecule has 130 valence electrons. The molecule has 1 aromatic carbocycles. The molecule has 1 saturated heterocycles. The van der Waals surface area contributed by atoms with Crippen molar-refractivity contribution in [3.8, 4) is 0 Å². The van der Waals surface area contributed by atoms with E-state index < -0.39 is 5.41 Å². The van der Waals surface area contributed by atoms with Crippen LogP contribution in [-0.4, -0.2) is 42.9 Å². The zero-order valence-electron chi connectivity index (χ0n) is 14.7. The molecule has 24 heavy (non-hydrogen) atoms. The summed E-state index contributed by atoms with van der Waals surface area (Å²) in [6.07, 6.45) is 3.45. The Morgan fingerprint density at radius 1 is 1.08 bits per heavy atom. The minimum atomic E-state index is -0.804. The van der Waals surface area contributed by atoms with E-state index in [-0.39, 0.29) is 11.8 Å². The molecular weight excluding hydrogens is 302 g/mol. The Bertz CT molecular complexity index is 598. The van der Waals surface area contributed by atoms with Gasteiger partial charge in [-0.15, -0.1) is 0 Å². The Morgan fingerprint density at radius 2 is 1.67 bits per heavy atom. The fourth-order valence-corrected chi connectivity index (χ4v) is 3.48. The Labute approximate surface area is 144 Å². The first kappa shape index (κ1) is 16.8. The third kappa shape index (κ3) is 3.12. The second-order valence-electron chi connectivity index (χ2n) is 6.75. The van der Waals surface area contributed by atoms with Gasteiger partial charge in [-0.1, -0.05) is 0 Å². The molecule has 1 aliphatic carbocycles. The van der Waals surface area contributed by atoms with Crippen LogP contribution in [0.2, 0.25) is 0 Å². The number of rotatable bonds is 6. The topological polar surface area (TPSA) is 52.7 Å². The van der Waals surface area contributed by atoms with Gasteiger partial charge in [0.15, 0.2) is 0 Å². The highest BCUT2D eigenvalue weighted by atomic mass is 16.2. The van der Waals surface area contributed by atoms with Crippen molar-refractivity contribution in [2.45, 2.75) is 39.5 Å². The van der Waals surface area contributed by atoms with Gasteiger partial charge < -0.3 is 15.1 Å². The largest absolute Gasteiger partial charge is 0.372 e. The second-order valence-corrected chi connectivity index (χ2v) is 6.75. The predicted molar refractivity (Wildman–Crippen MR) is 96.1 cm³/mol. The second kappa shape index (κ2) is 6.83. The van der Waals surface area contributed by atoms with Crippen LogP contribution < -0.4 is 10.2 Å². The molecule has 0 unspecified atom stereocenters. The third-order valence-corrected chi connectivity index (χ3v) is 5.24. The molecule has 0 spiro atoms. The molecule has 1 aromatic rings. The fraction of sp³-hybridized carbons (Fsp3) is 0.579. The molecule has 1 N–H and O–H groups in total. The Balaban J connectivity index is 1.65. The van der Waals surface area contributed by atoms with Gasteiger partial charge in [0.2, 0.25) is 11.8 Å². The molecule has 0 bridgehead atoms. The summed E-state index contributed by atoms with van der Waals surface area (Å²) < 4.78 is 0. The smallest absolute Gasteiger partial charge is 0.240 e. The number of likely N-dealkylation sites (tertiary alicyclic amines) is 1. The highest BCUT2D eigenvalue weighted by Crippen LogP contribution is 2.48. The van der Waals surface area contributed by atoms with Crippen LogP contribution in [0.25, 0.3) is 0 Å². The van der Waals surface area contributed by atoms with Crippen LogP contribution >= 0.6 is 0 Å². The average molecular weight is 329 g/mol. The number of anilines is 2. The van der Waals surface area contributed by atoms with Gasteiger partial charge >= 0.3 is 0 Å². The summed E-state index contributed by atoms with van der Waals surface area (Å²) in [7, 11) is 0. The number of amides is 2. The van der Waals surface area contributed by atoms with Crippen molar-refractivity contribution >= 4 is 23.2 Å². The van der Waals surface area contributed by atoms with Crippen molar-refractivity contribution in [1.29, 1.82) is 0 Å². The van der Waals surface area contributed by atoms with Gasteiger partial charge in [0.25, 0.3) is 0 Å². The van der Waals surface area contributed by atoms with E-state index in [1.54, 1.807) is 0 Å². The molecule has 0 radical (unpaired) electrons. The van der Waals surface area contributed by atoms with Crippen LogP contribution in [0.1, 0.15) is 39.5 Å². The number of hydrogen-bond donors (Lipinski definition) is 1. The van der Waals surface area contributed by atoms with Crippen molar-refractivity contribution in [3.05, 3.63) is 24.3 Å². The Morgan fingerprint density at radius 3 is 2.17 bits per heavy atom. The molecule has 2 fully saturated rings. The van der Waals surface area contributed by atoms with Crippen molar-refractivity contribution < 1.29 is 9.59 Å². The summed E-state index contributed by atoms with van der Waals surface area (Å²) in [5.41, 5.74) is 1.10.